The second-order valence-corrected chi connectivity index (χ2v) is 5.03. The number of amides is 1. The summed E-state index contributed by atoms with van der Waals surface area (Å²) in [5.41, 5.74) is 1.77. The number of hydrogen-bond donors (Lipinski definition) is 2. The molecule has 0 atom stereocenters. The first kappa shape index (κ1) is 14.2. The van der Waals surface area contributed by atoms with Crippen molar-refractivity contribution in [3.05, 3.63) is 57.8 Å². The monoisotopic (exact) mass is 334 g/mol. The van der Waals surface area contributed by atoms with E-state index < -0.39 is 5.97 Å². The molecule has 0 spiro atoms. The molecule has 2 rings (SSSR count). The van der Waals surface area contributed by atoms with E-state index in [1.54, 1.807) is 6.07 Å². The maximum absolute atomic E-state index is 12.1. The van der Waals surface area contributed by atoms with Crippen LogP contribution in [0.2, 0.25) is 0 Å². The Hall–Kier alpha value is -2.21. The number of rotatable bonds is 3. The molecule has 2 N–H and O–H groups in total. The van der Waals surface area contributed by atoms with E-state index in [9.17, 15) is 9.59 Å². The van der Waals surface area contributed by atoms with Crippen LogP contribution < -0.4 is 5.32 Å². The zero-order valence-electron chi connectivity index (χ0n) is 10.6. The van der Waals surface area contributed by atoms with Gasteiger partial charge in [0.15, 0.2) is 0 Å². The predicted octanol–water partition coefficient (Wildman–Crippen LogP) is 3.10. The summed E-state index contributed by atoms with van der Waals surface area (Å²) in [6, 6.07) is 8.21. The van der Waals surface area contributed by atoms with Gasteiger partial charge in [0.25, 0.3) is 5.91 Å². The Morgan fingerprint density at radius 3 is 2.65 bits per heavy atom. The van der Waals surface area contributed by atoms with E-state index in [0.29, 0.717) is 15.7 Å². The molecule has 20 heavy (non-hydrogen) atoms. The number of aromatic nitrogens is 1. The molecule has 0 radical (unpaired) electrons. The fourth-order valence-electron chi connectivity index (χ4n) is 1.63. The Morgan fingerprint density at radius 2 is 2.00 bits per heavy atom. The van der Waals surface area contributed by atoms with Crippen LogP contribution in [0.5, 0.6) is 0 Å². The van der Waals surface area contributed by atoms with Crippen molar-refractivity contribution in [2.24, 2.45) is 0 Å². The maximum Gasteiger partial charge on any atom is 0.354 e. The smallest absolute Gasteiger partial charge is 0.354 e. The number of carboxylic acids is 1. The number of nitrogens with one attached hydrogen (secondary N) is 1. The number of benzene rings is 1. The maximum atomic E-state index is 12.1. The average Bonchev–Trinajstić information content (AvgIpc) is 2.38. The highest BCUT2D eigenvalue weighted by Crippen LogP contribution is 2.20. The summed E-state index contributed by atoms with van der Waals surface area (Å²) in [5.74, 6) is -1.46. The molecular formula is C14H11BrN2O3. The third kappa shape index (κ3) is 3.21. The van der Waals surface area contributed by atoms with Crippen LogP contribution in [0, 0.1) is 6.92 Å². The van der Waals surface area contributed by atoms with E-state index in [-0.39, 0.29) is 11.6 Å². The van der Waals surface area contributed by atoms with Crippen molar-refractivity contribution in [2.75, 3.05) is 5.32 Å². The average molecular weight is 335 g/mol. The van der Waals surface area contributed by atoms with E-state index >= 15 is 0 Å². The van der Waals surface area contributed by atoms with Crippen molar-refractivity contribution >= 4 is 33.5 Å². The van der Waals surface area contributed by atoms with Crippen LogP contribution in [0.1, 0.15) is 26.4 Å². The van der Waals surface area contributed by atoms with E-state index in [1.807, 2.05) is 19.1 Å². The van der Waals surface area contributed by atoms with Crippen molar-refractivity contribution in [1.82, 2.24) is 4.98 Å². The van der Waals surface area contributed by atoms with Gasteiger partial charge in [-0.25, -0.2) is 9.78 Å². The highest BCUT2D eigenvalue weighted by atomic mass is 79.9. The molecule has 0 aliphatic carbocycles. The van der Waals surface area contributed by atoms with Gasteiger partial charge in [0.1, 0.15) is 5.69 Å². The van der Waals surface area contributed by atoms with Crippen LogP contribution >= 0.6 is 15.9 Å². The predicted molar refractivity (Wildman–Crippen MR) is 78.0 cm³/mol. The van der Waals surface area contributed by atoms with E-state index in [4.69, 9.17) is 5.11 Å². The van der Waals surface area contributed by atoms with Gasteiger partial charge in [0, 0.05) is 16.4 Å². The largest absolute Gasteiger partial charge is 0.477 e. The third-order valence-electron chi connectivity index (χ3n) is 2.61. The van der Waals surface area contributed by atoms with E-state index in [0.717, 1.165) is 5.56 Å². The summed E-state index contributed by atoms with van der Waals surface area (Å²) in [6.45, 7) is 1.93. The lowest BCUT2D eigenvalue weighted by molar-refractivity contribution is 0.0690. The number of anilines is 1. The Balaban J connectivity index is 2.23. The molecule has 0 unspecified atom stereocenters. The van der Waals surface area contributed by atoms with Gasteiger partial charge in [-0.3, -0.25) is 4.79 Å². The normalized spacial score (nSPS) is 10.1. The number of carbonyl (C=O) groups is 2. The molecule has 0 saturated heterocycles. The fourth-order valence-corrected chi connectivity index (χ4v) is 2.30. The summed E-state index contributed by atoms with van der Waals surface area (Å²) in [6.07, 6.45) is 1.34. The molecule has 1 amide bonds. The van der Waals surface area contributed by atoms with Crippen LogP contribution in [0.15, 0.2) is 41.0 Å². The second-order valence-electron chi connectivity index (χ2n) is 4.17. The highest BCUT2D eigenvalue weighted by Gasteiger charge is 2.12. The standard InChI is InChI=1S/C14H11BrN2O3/c1-8-2-3-10(11(15)6-8)13(18)17-9-4-5-16-12(7-9)14(19)20/h2-7H,1H3,(H,19,20)(H,16,17,18). The molecule has 1 heterocycles. The Morgan fingerprint density at radius 1 is 1.25 bits per heavy atom. The summed E-state index contributed by atoms with van der Waals surface area (Å²) >= 11 is 3.33. The lowest BCUT2D eigenvalue weighted by Gasteiger charge is -2.08. The quantitative estimate of drug-likeness (QED) is 0.903. The molecule has 0 bridgehead atoms. The molecular weight excluding hydrogens is 324 g/mol. The summed E-state index contributed by atoms with van der Waals surface area (Å²) in [4.78, 5) is 26.6. The number of hydrogen-bond acceptors (Lipinski definition) is 3. The van der Waals surface area contributed by atoms with Crippen LogP contribution in [-0.2, 0) is 0 Å². The summed E-state index contributed by atoms with van der Waals surface area (Å²) < 4.78 is 0.683. The van der Waals surface area contributed by atoms with Crippen molar-refractivity contribution in [2.45, 2.75) is 6.92 Å². The minimum absolute atomic E-state index is 0.120. The molecule has 2 aromatic rings. The molecule has 0 fully saturated rings. The Kier molecular flexibility index (Phi) is 4.14. The summed E-state index contributed by atoms with van der Waals surface area (Å²) in [5, 5.41) is 11.5. The van der Waals surface area contributed by atoms with Crippen molar-refractivity contribution in [3.63, 3.8) is 0 Å². The minimum atomic E-state index is -1.14. The SMILES string of the molecule is Cc1ccc(C(=O)Nc2ccnc(C(=O)O)c2)c(Br)c1. The molecule has 0 saturated carbocycles. The van der Waals surface area contributed by atoms with Gasteiger partial charge in [-0.2, -0.15) is 0 Å². The summed E-state index contributed by atoms with van der Waals surface area (Å²) in [7, 11) is 0. The fraction of sp³-hybridized carbons (Fsp3) is 0.0714. The molecule has 1 aromatic heterocycles. The minimum Gasteiger partial charge on any atom is -0.477 e. The van der Waals surface area contributed by atoms with Crippen molar-refractivity contribution < 1.29 is 14.7 Å². The zero-order chi connectivity index (χ0) is 14.7. The highest BCUT2D eigenvalue weighted by molar-refractivity contribution is 9.10. The third-order valence-corrected chi connectivity index (χ3v) is 3.26. The molecule has 0 aliphatic rings. The van der Waals surface area contributed by atoms with Crippen LogP contribution in [0.3, 0.4) is 0 Å². The Labute approximate surface area is 123 Å². The van der Waals surface area contributed by atoms with E-state index in [2.05, 4.69) is 26.2 Å². The number of nitrogens with zero attached hydrogens (tertiary/aromatic N) is 1. The van der Waals surface area contributed by atoms with Gasteiger partial charge in [-0.15, -0.1) is 0 Å². The second kappa shape index (κ2) is 5.83. The van der Waals surface area contributed by atoms with Gasteiger partial charge in [-0.1, -0.05) is 6.07 Å². The number of halogens is 1. The number of aryl methyl sites for hydroxylation is 1. The van der Waals surface area contributed by atoms with Crippen molar-refractivity contribution in [3.8, 4) is 0 Å². The van der Waals surface area contributed by atoms with Crippen LogP contribution in [-0.4, -0.2) is 22.0 Å². The molecule has 1 aromatic carbocycles. The molecule has 5 nitrogen and oxygen atoms in total. The van der Waals surface area contributed by atoms with Crippen molar-refractivity contribution in [1.29, 1.82) is 0 Å². The lowest BCUT2D eigenvalue weighted by Crippen LogP contribution is -2.13. The van der Waals surface area contributed by atoms with E-state index in [1.165, 1.54) is 18.3 Å². The van der Waals surface area contributed by atoms with Gasteiger partial charge in [-0.05, 0) is 52.7 Å². The first-order valence-electron chi connectivity index (χ1n) is 5.74. The first-order valence-corrected chi connectivity index (χ1v) is 6.53. The molecule has 0 aliphatic heterocycles. The number of carbonyl (C=O) groups excluding carboxylic acids is 1. The van der Waals surface area contributed by atoms with Gasteiger partial charge < -0.3 is 10.4 Å². The lowest BCUT2D eigenvalue weighted by atomic mass is 10.1. The number of pyridine rings is 1. The Bertz CT molecular complexity index is 686. The van der Waals surface area contributed by atoms with Crippen LogP contribution in [0.25, 0.3) is 0 Å². The topological polar surface area (TPSA) is 79.3 Å². The zero-order valence-corrected chi connectivity index (χ0v) is 12.1. The van der Waals surface area contributed by atoms with Crippen LogP contribution in [0.4, 0.5) is 5.69 Å². The van der Waals surface area contributed by atoms with Gasteiger partial charge >= 0.3 is 5.97 Å². The molecule has 6 heteroatoms. The van der Waals surface area contributed by atoms with Gasteiger partial charge in [0.05, 0.1) is 5.56 Å². The molecule has 102 valence electrons. The number of carboxylic acid groups (broad SMARTS) is 1. The van der Waals surface area contributed by atoms with Gasteiger partial charge in [0.2, 0.25) is 0 Å². The first-order chi connectivity index (χ1) is 9.47. The number of aromatic carboxylic acids is 1.